The highest BCUT2D eigenvalue weighted by atomic mass is 16.3. The Morgan fingerprint density at radius 2 is 2.19 bits per heavy atom. The van der Waals surface area contributed by atoms with E-state index in [4.69, 9.17) is 16.2 Å². The monoisotopic (exact) mass is 222 g/mol. The van der Waals surface area contributed by atoms with Crippen molar-refractivity contribution in [2.24, 2.45) is 5.73 Å². The van der Waals surface area contributed by atoms with Crippen molar-refractivity contribution in [1.29, 1.82) is 5.41 Å². The second-order valence-electron chi connectivity index (χ2n) is 3.84. The molecule has 0 atom stereocenters. The van der Waals surface area contributed by atoms with Gasteiger partial charge in [0.1, 0.15) is 11.7 Å². The number of nitrogens with zero attached hydrogens (tertiary/aromatic N) is 2. The molecule has 88 valence electrons. The van der Waals surface area contributed by atoms with Crippen molar-refractivity contribution in [1.82, 2.24) is 4.98 Å². The summed E-state index contributed by atoms with van der Waals surface area (Å²) in [5.41, 5.74) is 8.00. The smallest absolute Gasteiger partial charge is 0.139 e. The van der Waals surface area contributed by atoms with Crippen LogP contribution in [0.2, 0.25) is 0 Å². The van der Waals surface area contributed by atoms with Crippen molar-refractivity contribution in [3.8, 4) is 0 Å². The molecule has 0 aliphatic rings. The number of nitrogen functional groups attached to an aromatic ring is 1. The van der Waals surface area contributed by atoms with Crippen molar-refractivity contribution in [2.45, 2.75) is 13.8 Å². The Hall–Kier alpha value is -1.62. The standard InChI is InChI=1S/C11H18N4O/c1-7-6-8(2)14-11(9(7)10(12)13)15(3)4-5-16/h6,16H,4-5H2,1-3H3,(H3,12,13). The van der Waals surface area contributed by atoms with Crippen molar-refractivity contribution >= 4 is 11.7 Å². The van der Waals surface area contributed by atoms with Gasteiger partial charge in [-0.2, -0.15) is 0 Å². The van der Waals surface area contributed by atoms with E-state index < -0.39 is 0 Å². The van der Waals surface area contributed by atoms with Crippen molar-refractivity contribution < 1.29 is 5.11 Å². The molecule has 0 bridgehead atoms. The maximum absolute atomic E-state index is 8.91. The number of aromatic nitrogens is 1. The highest BCUT2D eigenvalue weighted by molar-refractivity contribution is 6.01. The summed E-state index contributed by atoms with van der Waals surface area (Å²) in [6.07, 6.45) is 0. The van der Waals surface area contributed by atoms with Gasteiger partial charge in [-0.25, -0.2) is 4.98 Å². The lowest BCUT2D eigenvalue weighted by Crippen LogP contribution is -2.27. The van der Waals surface area contributed by atoms with Crippen LogP contribution in [0.1, 0.15) is 16.8 Å². The van der Waals surface area contributed by atoms with Gasteiger partial charge in [-0.3, -0.25) is 5.41 Å². The van der Waals surface area contributed by atoms with E-state index >= 15 is 0 Å². The van der Waals surface area contributed by atoms with Crippen molar-refractivity contribution in [3.63, 3.8) is 0 Å². The Bertz CT molecular complexity index is 403. The normalized spacial score (nSPS) is 10.2. The molecule has 0 saturated heterocycles. The molecule has 0 aromatic carbocycles. The lowest BCUT2D eigenvalue weighted by Gasteiger charge is -2.21. The number of aliphatic hydroxyl groups excluding tert-OH is 1. The fraction of sp³-hybridized carbons (Fsp3) is 0.455. The molecule has 0 unspecified atom stereocenters. The predicted molar refractivity (Wildman–Crippen MR) is 65.1 cm³/mol. The van der Waals surface area contributed by atoms with E-state index in [0.717, 1.165) is 11.3 Å². The summed E-state index contributed by atoms with van der Waals surface area (Å²) >= 11 is 0. The number of hydrogen-bond acceptors (Lipinski definition) is 4. The molecule has 0 aliphatic carbocycles. The summed E-state index contributed by atoms with van der Waals surface area (Å²) in [4.78, 5) is 6.17. The largest absolute Gasteiger partial charge is 0.395 e. The van der Waals surface area contributed by atoms with E-state index in [0.29, 0.717) is 17.9 Å². The maximum Gasteiger partial charge on any atom is 0.139 e. The Kier molecular flexibility index (Phi) is 3.84. The first-order valence-electron chi connectivity index (χ1n) is 5.12. The van der Waals surface area contributed by atoms with E-state index in [9.17, 15) is 0 Å². The first-order valence-corrected chi connectivity index (χ1v) is 5.12. The highest BCUT2D eigenvalue weighted by Gasteiger charge is 2.14. The van der Waals surface area contributed by atoms with Crippen LogP contribution >= 0.6 is 0 Å². The van der Waals surface area contributed by atoms with E-state index in [1.165, 1.54) is 0 Å². The first-order chi connectivity index (χ1) is 7.47. The van der Waals surface area contributed by atoms with Gasteiger partial charge in [-0.15, -0.1) is 0 Å². The lowest BCUT2D eigenvalue weighted by atomic mass is 10.1. The van der Waals surface area contributed by atoms with Gasteiger partial charge in [-0.1, -0.05) is 0 Å². The molecule has 0 saturated carbocycles. The molecule has 1 aromatic heterocycles. The Labute approximate surface area is 95.4 Å². The minimum Gasteiger partial charge on any atom is -0.395 e. The third kappa shape index (κ3) is 2.49. The fourth-order valence-corrected chi connectivity index (χ4v) is 1.68. The SMILES string of the molecule is Cc1cc(C)c(C(=N)N)c(N(C)CCO)n1. The number of amidine groups is 1. The van der Waals surface area contributed by atoms with E-state index in [1.54, 1.807) is 4.90 Å². The molecule has 4 N–H and O–H groups in total. The van der Waals surface area contributed by atoms with Crippen molar-refractivity contribution in [3.05, 3.63) is 22.9 Å². The van der Waals surface area contributed by atoms with Crippen LogP contribution in [0.5, 0.6) is 0 Å². The molecule has 0 radical (unpaired) electrons. The number of nitrogens with two attached hydrogens (primary N) is 1. The number of hydrogen-bond donors (Lipinski definition) is 3. The van der Waals surface area contributed by atoms with Gasteiger partial charge >= 0.3 is 0 Å². The number of anilines is 1. The zero-order valence-electron chi connectivity index (χ0n) is 9.91. The molecule has 1 heterocycles. The molecule has 0 fully saturated rings. The summed E-state index contributed by atoms with van der Waals surface area (Å²) in [5, 5.41) is 16.5. The van der Waals surface area contributed by atoms with Gasteiger partial charge < -0.3 is 15.7 Å². The molecule has 5 heteroatoms. The lowest BCUT2D eigenvalue weighted by molar-refractivity contribution is 0.304. The number of aliphatic hydroxyl groups is 1. The number of pyridine rings is 1. The average Bonchev–Trinajstić information content (AvgIpc) is 2.15. The number of aryl methyl sites for hydroxylation is 2. The van der Waals surface area contributed by atoms with Crippen LogP contribution in [0.3, 0.4) is 0 Å². The molecule has 5 nitrogen and oxygen atoms in total. The van der Waals surface area contributed by atoms with Crippen LogP contribution in [-0.4, -0.2) is 36.1 Å². The minimum atomic E-state index is 0.00443. The maximum atomic E-state index is 8.91. The topological polar surface area (TPSA) is 86.2 Å². The molecule has 0 spiro atoms. The molecule has 0 aliphatic heterocycles. The highest BCUT2D eigenvalue weighted by Crippen LogP contribution is 2.20. The molecular weight excluding hydrogens is 204 g/mol. The summed E-state index contributed by atoms with van der Waals surface area (Å²) in [7, 11) is 1.82. The Balaban J connectivity index is 3.29. The van der Waals surface area contributed by atoms with Crippen molar-refractivity contribution in [2.75, 3.05) is 25.1 Å². The Morgan fingerprint density at radius 1 is 1.56 bits per heavy atom. The van der Waals surface area contributed by atoms with E-state index in [-0.39, 0.29) is 12.4 Å². The zero-order valence-corrected chi connectivity index (χ0v) is 9.91. The summed E-state index contributed by atoms with van der Waals surface area (Å²) in [6, 6.07) is 1.90. The molecule has 1 rings (SSSR count). The van der Waals surface area contributed by atoms with Crippen LogP contribution in [-0.2, 0) is 0 Å². The second-order valence-corrected chi connectivity index (χ2v) is 3.84. The van der Waals surface area contributed by atoms with Gasteiger partial charge in [-0.05, 0) is 25.5 Å². The third-order valence-corrected chi connectivity index (χ3v) is 2.39. The van der Waals surface area contributed by atoms with Crippen LogP contribution in [0.25, 0.3) is 0 Å². The molecule has 0 amide bonds. The van der Waals surface area contributed by atoms with Crippen LogP contribution in [0.4, 0.5) is 5.82 Å². The number of likely N-dealkylation sites (N-methyl/N-ethyl adjacent to an activating group) is 1. The van der Waals surface area contributed by atoms with E-state index in [1.807, 2.05) is 27.0 Å². The number of rotatable bonds is 4. The van der Waals surface area contributed by atoms with Gasteiger partial charge in [0.05, 0.1) is 12.2 Å². The third-order valence-electron chi connectivity index (χ3n) is 2.39. The molecule has 16 heavy (non-hydrogen) atoms. The van der Waals surface area contributed by atoms with E-state index in [2.05, 4.69) is 4.98 Å². The first kappa shape index (κ1) is 12.4. The van der Waals surface area contributed by atoms with Crippen LogP contribution in [0, 0.1) is 19.3 Å². The quantitative estimate of drug-likeness (QED) is 0.509. The Morgan fingerprint density at radius 3 is 2.69 bits per heavy atom. The molecular formula is C11H18N4O. The second kappa shape index (κ2) is 4.94. The van der Waals surface area contributed by atoms with Gasteiger partial charge in [0, 0.05) is 19.3 Å². The molecule has 1 aromatic rings. The minimum absolute atomic E-state index is 0.00443. The number of nitrogens with one attached hydrogen (secondary N) is 1. The zero-order chi connectivity index (χ0) is 12.3. The van der Waals surface area contributed by atoms with Gasteiger partial charge in [0.2, 0.25) is 0 Å². The summed E-state index contributed by atoms with van der Waals surface area (Å²) in [5.74, 6) is 0.656. The van der Waals surface area contributed by atoms with Gasteiger partial charge in [0.15, 0.2) is 0 Å². The summed E-state index contributed by atoms with van der Waals surface area (Å²) in [6.45, 7) is 4.31. The van der Waals surface area contributed by atoms with Gasteiger partial charge in [0.25, 0.3) is 0 Å². The van der Waals surface area contributed by atoms with Crippen LogP contribution in [0.15, 0.2) is 6.07 Å². The average molecular weight is 222 g/mol. The summed E-state index contributed by atoms with van der Waals surface area (Å²) < 4.78 is 0. The fourth-order valence-electron chi connectivity index (χ4n) is 1.68. The predicted octanol–water partition coefficient (Wildman–Crippen LogP) is 0.411. The van der Waals surface area contributed by atoms with Crippen LogP contribution < -0.4 is 10.6 Å².